The second-order valence-corrected chi connectivity index (χ2v) is 6.58. The molecule has 1 atom stereocenters. The normalized spacial score (nSPS) is 18.3. The number of likely N-dealkylation sites (N-methyl/N-ethyl adjacent to an activating group) is 1. The molecule has 0 spiro atoms. The van der Waals surface area contributed by atoms with Gasteiger partial charge in [-0.2, -0.15) is 0 Å². The number of aromatic nitrogens is 1. The van der Waals surface area contributed by atoms with Gasteiger partial charge in [-0.25, -0.2) is 0 Å². The number of aromatic hydroxyl groups is 1. The van der Waals surface area contributed by atoms with Crippen LogP contribution in [0.5, 0.6) is 5.75 Å². The zero-order chi connectivity index (χ0) is 16.8. The summed E-state index contributed by atoms with van der Waals surface area (Å²) in [6, 6.07) is 14.3. The smallest absolute Gasteiger partial charge is 0.115 e. The molecule has 0 radical (unpaired) electrons. The van der Waals surface area contributed by atoms with Crippen LogP contribution in [-0.4, -0.2) is 45.6 Å². The Hall–Kier alpha value is -1.91. The van der Waals surface area contributed by atoms with Gasteiger partial charge in [0.05, 0.1) is 5.69 Å². The summed E-state index contributed by atoms with van der Waals surface area (Å²) in [6.45, 7) is 7.40. The molecule has 1 aromatic heterocycles. The Balaban J connectivity index is 1.71. The number of phenols is 1. The van der Waals surface area contributed by atoms with Gasteiger partial charge in [0.15, 0.2) is 0 Å². The van der Waals surface area contributed by atoms with Crippen LogP contribution in [0.4, 0.5) is 0 Å². The fourth-order valence-corrected chi connectivity index (χ4v) is 3.58. The van der Waals surface area contributed by atoms with Gasteiger partial charge >= 0.3 is 0 Å². The van der Waals surface area contributed by atoms with E-state index in [1.165, 1.54) is 24.9 Å². The van der Waals surface area contributed by atoms with Crippen LogP contribution in [0, 0.1) is 0 Å². The Morgan fingerprint density at radius 1 is 1.17 bits per heavy atom. The Bertz CT molecular complexity index is 615. The molecule has 4 heteroatoms. The van der Waals surface area contributed by atoms with E-state index in [9.17, 15) is 5.11 Å². The van der Waals surface area contributed by atoms with Gasteiger partial charge < -0.3 is 5.11 Å². The van der Waals surface area contributed by atoms with Gasteiger partial charge in [-0.05, 0) is 55.8 Å². The fourth-order valence-electron chi connectivity index (χ4n) is 3.58. The summed E-state index contributed by atoms with van der Waals surface area (Å²) in [7, 11) is 0. The first kappa shape index (κ1) is 16.9. The van der Waals surface area contributed by atoms with Gasteiger partial charge in [0, 0.05) is 31.9 Å². The molecule has 2 aromatic rings. The zero-order valence-electron chi connectivity index (χ0n) is 14.4. The second kappa shape index (κ2) is 8.27. The third-order valence-electron chi connectivity index (χ3n) is 4.83. The highest BCUT2D eigenvalue weighted by Gasteiger charge is 2.25. The molecule has 0 unspecified atom stereocenters. The van der Waals surface area contributed by atoms with Crippen molar-refractivity contribution in [1.29, 1.82) is 0 Å². The largest absolute Gasteiger partial charge is 0.508 e. The SMILES string of the molecule is CCN1CCC[C@@H]1CN(Cc1ccc(O)cc1)Cc1ccccn1. The van der Waals surface area contributed by atoms with Gasteiger partial charge in [0.1, 0.15) is 5.75 Å². The van der Waals surface area contributed by atoms with Crippen LogP contribution in [0.15, 0.2) is 48.7 Å². The van der Waals surface area contributed by atoms with Gasteiger partial charge in [-0.15, -0.1) is 0 Å². The minimum atomic E-state index is 0.322. The summed E-state index contributed by atoms with van der Waals surface area (Å²) < 4.78 is 0. The quantitative estimate of drug-likeness (QED) is 0.848. The molecule has 2 heterocycles. The van der Waals surface area contributed by atoms with Crippen molar-refractivity contribution < 1.29 is 5.11 Å². The predicted molar refractivity (Wildman–Crippen MR) is 96.7 cm³/mol. The van der Waals surface area contributed by atoms with E-state index in [-0.39, 0.29) is 0 Å². The summed E-state index contributed by atoms with van der Waals surface area (Å²) in [5.74, 6) is 0.322. The van der Waals surface area contributed by atoms with Gasteiger partial charge in [0.2, 0.25) is 0 Å². The standard InChI is InChI=1S/C20H27N3O/c1-2-23-13-5-7-19(23)16-22(15-18-6-3-4-12-21-18)14-17-8-10-20(24)11-9-17/h3-4,6,8-12,19,24H,2,5,7,13-16H2,1H3/t19-/m1/s1. The first-order valence-electron chi connectivity index (χ1n) is 8.89. The Morgan fingerprint density at radius 2 is 2.00 bits per heavy atom. The zero-order valence-corrected chi connectivity index (χ0v) is 14.4. The van der Waals surface area contributed by atoms with E-state index in [4.69, 9.17) is 0 Å². The van der Waals surface area contributed by atoms with Crippen molar-refractivity contribution in [3.05, 3.63) is 59.9 Å². The summed E-state index contributed by atoms with van der Waals surface area (Å²) in [5, 5.41) is 9.49. The van der Waals surface area contributed by atoms with Crippen LogP contribution in [0.2, 0.25) is 0 Å². The average Bonchev–Trinajstić information content (AvgIpc) is 3.05. The number of likely N-dealkylation sites (tertiary alicyclic amines) is 1. The lowest BCUT2D eigenvalue weighted by molar-refractivity contribution is 0.164. The van der Waals surface area contributed by atoms with Crippen LogP contribution in [0.1, 0.15) is 31.0 Å². The molecule has 1 fully saturated rings. The lowest BCUT2D eigenvalue weighted by Crippen LogP contribution is -2.39. The second-order valence-electron chi connectivity index (χ2n) is 6.58. The number of rotatable bonds is 7. The molecule has 0 bridgehead atoms. The Kier molecular flexibility index (Phi) is 5.83. The molecule has 1 aliphatic rings. The van der Waals surface area contributed by atoms with Gasteiger partial charge in [-0.3, -0.25) is 14.8 Å². The maximum Gasteiger partial charge on any atom is 0.115 e. The van der Waals surface area contributed by atoms with Crippen molar-refractivity contribution in [2.24, 2.45) is 0 Å². The number of benzene rings is 1. The molecule has 128 valence electrons. The molecule has 0 amide bonds. The summed E-state index contributed by atoms with van der Waals surface area (Å²) in [6.07, 6.45) is 4.44. The number of nitrogens with zero attached hydrogens (tertiary/aromatic N) is 3. The molecule has 0 saturated carbocycles. The third-order valence-corrected chi connectivity index (χ3v) is 4.83. The number of hydrogen-bond acceptors (Lipinski definition) is 4. The highest BCUT2D eigenvalue weighted by molar-refractivity contribution is 5.25. The highest BCUT2D eigenvalue weighted by Crippen LogP contribution is 2.20. The molecule has 0 aliphatic carbocycles. The highest BCUT2D eigenvalue weighted by atomic mass is 16.3. The molecule has 1 saturated heterocycles. The molecule has 24 heavy (non-hydrogen) atoms. The summed E-state index contributed by atoms with van der Waals surface area (Å²) >= 11 is 0. The van der Waals surface area contributed by atoms with E-state index in [2.05, 4.69) is 33.8 Å². The summed E-state index contributed by atoms with van der Waals surface area (Å²) in [4.78, 5) is 9.56. The molecule has 4 nitrogen and oxygen atoms in total. The molecule has 1 N–H and O–H groups in total. The molecule has 3 rings (SSSR count). The van der Waals surface area contributed by atoms with Crippen molar-refractivity contribution >= 4 is 0 Å². The van der Waals surface area contributed by atoms with Crippen molar-refractivity contribution in [2.75, 3.05) is 19.6 Å². The van der Waals surface area contributed by atoms with Gasteiger partial charge in [0.25, 0.3) is 0 Å². The Labute approximate surface area is 144 Å². The summed E-state index contributed by atoms with van der Waals surface area (Å²) in [5.41, 5.74) is 2.34. The van der Waals surface area contributed by atoms with Crippen LogP contribution in [0.3, 0.4) is 0 Å². The topological polar surface area (TPSA) is 39.6 Å². The van der Waals surface area contributed by atoms with Crippen LogP contribution < -0.4 is 0 Å². The monoisotopic (exact) mass is 325 g/mol. The molecule has 1 aromatic carbocycles. The van der Waals surface area contributed by atoms with Gasteiger partial charge in [-0.1, -0.05) is 25.1 Å². The van der Waals surface area contributed by atoms with E-state index in [1.807, 2.05) is 24.4 Å². The van der Waals surface area contributed by atoms with Crippen LogP contribution >= 0.6 is 0 Å². The average molecular weight is 325 g/mol. The molecule has 1 aliphatic heterocycles. The number of hydrogen-bond donors (Lipinski definition) is 1. The fraction of sp³-hybridized carbons (Fsp3) is 0.450. The van der Waals surface area contributed by atoms with E-state index in [1.54, 1.807) is 12.1 Å². The number of phenolic OH excluding ortho intramolecular Hbond substituents is 1. The molecular formula is C20H27N3O. The third kappa shape index (κ3) is 4.56. The van der Waals surface area contributed by atoms with Crippen LogP contribution in [0.25, 0.3) is 0 Å². The van der Waals surface area contributed by atoms with Crippen LogP contribution in [-0.2, 0) is 13.1 Å². The lowest BCUT2D eigenvalue weighted by atomic mass is 10.1. The molecular weight excluding hydrogens is 298 g/mol. The maximum absolute atomic E-state index is 9.49. The van der Waals surface area contributed by atoms with Crippen molar-refractivity contribution in [1.82, 2.24) is 14.8 Å². The van der Waals surface area contributed by atoms with E-state index in [0.29, 0.717) is 11.8 Å². The Morgan fingerprint density at radius 3 is 2.71 bits per heavy atom. The van der Waals surface area contributed by atoms with Crippen molar-refractivity contribution in [3.63, 3.8) is 0 Å². The first-order valence-corrected chi connectivity index (χ1v) is 8.89. The van der Waals surface area contributed by atoms with E-state index >= 15 is 0 Å². The van der Waals surface area contributed by atoms with Crippen molar-refractivity contribution in [3.8, 4) is 5.75 Å². The maximum atomic E-state index is 9.49. The minimum absolute atomic E-state index is 0.322. The van der Waals surface area contributed by atoms with E-state index in [0.717, 1.165) is 31.9 Å². The lowest BCUT2D eigenvalue weighted by Gasteiger charge is -2.30. The van der Waals surface area contributed by atoms with Crippen molar-refractivity contribution in [2.45, 2.75) is 38.9 Å². The van der Waals surface area contributed by atoms with E-state index < -0.39 is 0 Å². The minimum Gasteiger partial charge on any atom is -0.508 e. The number of pyridine rings is 1. The predicted octanol–water partition coefficient (Wildman–Crippen LogP) is 3.27. The first-order chi connectivity index (χ1) is 11.7.